The number of hydrogen-bond acceptors (Lipinski definition) is 1. The van der Waals surface area contributed by atoms with E-state index in [4.69, 9.17) is 0 Å². The van der Waals surface area contributed by atoms with Gasteiger partial charge in [-0.15, -0.1) is 0 Å². The van der Waals surface area contributed by atoms with Gasteiger partial charge in [0.25, 0.3) is 0 Å². The van der Waals surface area contributed by atoms with Crippen LogP contribution in [0.2, 0.25) is 0 Å². The molecule has 1 aromatic rings. The van der Waals surface area contributed by atoms with E-state index in [1.54, 1.807) is 6.07 Å². The van der Waals surface area contributed by atoms with Gasteiger partial charge in [-0.05, 0) is 61.3 Å². The number of aryl methyl sites for hydroxylation is 1. The summed E-state index contributed by atoms with van der Waals surface area (Å²) in [5.41, 5.74) is 2.12. The van der Waals surface area contributed by atoms with Crippen LogP contribution in [-0.2, 0) is 5.41 Å². The summed E-state index contributed by atoms with van der Waals surface area (Å²) in [5, 5.41) is 3.58. The highest BCUT2D eigenvalue weighted by Crippen LogP contribution is 2.53. The van der Waals surface area contributed by atoms with Crippen molar-refractivity contribution >= 4 is 0 Å². The van der Waals surface area contributed by atoms with Gasteiger partial charge in [0.2, 0.25) is 0 Å². The van der Waals surface area contributed by atoms with Gasteiger partial charge in [-0.25, -0.2) is 4.39 Å². The Morgan fingerprint density at radius 1 is 1.41 bits per heavy atom. The first-order valence-corrected chi connectivity index (χ1v) is 6.59. The predicted molar refractivity (Wildman–Crippen MR) is 67.6 cm³/mol. The maximum atomic E-state index is 13.6. The fraction of sp³-hybridized carbons (Fsp3) is 0.600. The fourth-order valence-electron chi connectivity index (χ4n) is 2.65. The maximum absolute atomic E-state index is 13.6. The molecule has 2 saturated carbocycles. The Hall–Kier alpha value is -0.890. The van der Waals surface area contributed by atoms with Gasteiger partial charge in [0.15, 0.2) is 0 Å². The lowest BCUT2D eigenvalue weighted by molar-refractivity contribution is 0.568. The van der Waals surface area contributed by atoms with Crippen LogP contribution in [0.1, 0.15) is 37.3 Å². The van der Waals surface area contributed by atoms with Crippen molar-refractivity contribution in [3.05, 3.63) is 35.1 Å². The molecule has 2 aliphatic rings. The molecule has 2 aliphatic carbocycles. The summed E-state index contributed by atoms with van der Waals surface area (Å²) < 4.78 is 13.6. The highest BCUT2D eigenvalue weighted by molar-refractivity contribution is 5.35. The van der Waals surface area contributed by atoms with E-state index >= 15 is 0 Å². The van der Waals surface area contributed by atoms with Crippen molar-refractivity contribution in [1.29, 1.82) is 0 Å². The lowest BCUT2D eigenvalue weighted by Crippen LogP contribution is -2.22. The largest absolute Gasteiger partial charge is 0.314 e. The molecule has 0 heterocycles. The van der Waals surface area contributed by atoms with Crippen LogP contribution in [0.5, 0.6) is 0 Å². The predicted octanol–water partition coefficient (Wildman–Crippen LogP) is 3.16. The first-order valence-electron chi connectivity index (χ1n) is 6.59. The molecular weight excluding hydrogens is 213 g/mol. The average Bonchev–Trinajstić information content (AvgIpc) is 3.17. The fourth-order valence-corrected chi connectivity index (χ4v) is 2.65. The molecule has 92 valence electrons. The normalized spacial score (nSPS) is 31.6. The summed E-state index contributed by atoms with van der Waals surface area (Å²) >= 11 is 0. The van der Waals surface area contributed by atoms with Gasteiger partial charge in [-0.1, -0.05) is 19.1 Å². The Labute approximate surface area is 102 Å². The maximum Gasteiger partial charge on any atom is 0.126 e. The molecule has 0 saturated heterocycles. The first-order chi connectivity index (χ1) is 8.09. The van der Waals surface area contributed by atoms with Crippen molar-refractivity contribution in [2.75, 3.05) is 6.54 Å². The molecule has 0 amide bonds. The topological polar surface area (TPSA) is 12.0 Å². The van der Waals surface area contributed by atoms with E-state index in [1.165, 1.54) is 24.8 Å². The molecule has 17 heavy (non-hydrogen) atoms. The van der Waals surface area contributed by atoms with Crippen LogP contribution in [0.15, 0.2) is 18.2 Å². The molecule has 2 atom stereocenters. The van der Waals surface area contributed by atoms with Gasteiger partial charge >= 0.3 is 0 Å². The smallest absolute Gasteiger partial charge is 0.126 e. The summed E-state index contributed by atoms with van der Waals surface area (Å²) in [4.78, 5) is 0. The van der Waals surface area contributed by atoms with Gasteiger partial charge in [-0.2, -0.15) is 0 Å². The summed E-state index contributed by atoms with van der Waals surface area (Å²) in [6, 6.07) is 6.50. The van der Waals surface area contributed by atoms with Crippen molar-refractivity contribution < 1.29 is 4.39 Å². The number of rotatable bonds is 4. The van der Waals surface area contributed by atoms with Gasteiger partial charge in [0.1, 0.15) is 5.82 Å². The third-order valence-corrected chi connectivity index (χ3v) is 4.47. The lowest BCUT2D eigenvalue weighted by atomic mass is 9.94. The van der Waals surface area contributed by atoms with Crippen LogP contribution in [0, 0.1) is 18.7 Å². The summed E-state index contributed by atoms with van der Waals surface area (Å²) in [6.07, 6.45) is 3.86. The minimum absolute atomic E-state index is 0.0653. The summed E-state index contributed by atoms with van der Waals surface area (Å²) in [6.45, 7) is 5.17. The Kier molecular flexibility index (Phi) is 2.51. The van der Waals surface area contributed by atoms with Crippen LogP contribution < -0.4 is 5.32 Å². The zero-order chi connectivity index (χ0) is 12.0. The monoisotopic (exact) mass is 233 g/mol. The third-order valence-electron chi connectivity index (χ3n) is 4.47. The molecule has 3 rings (SSSR count). The van der Waals surface area contributed by atoms with Crippen molar-refractivity contribution in [2.45, 2.75) is 44.6 Å². The molecule has 0 aromatic heterocycles. The van der Waals surface area contributed by atoms with Crippen LogP contribution in [-0.4, -0.2) is 12.6 Å². The second-order valence-corrected chi connectivity index (χ2v) is 5.96. The molecule has 2 fully saturated rings. The molecular formula is C15H20FN. The second-order valence-electron chi connectivity index (χ2n) is 5.96. The minimum Gasteiger partial charge on any atom is -0.314 e. The summed E-state index contributed by atoms with van der Waals surface area (Å²) in [5.74, 6) is 0.620. The Morgan fingerprint density at radius 2 is 2.18 bits per heavy atom. The van der Waals surface area contributed by atoms with Crippen LogP contribution >= 0.6 is 0 Å². The van der Waals surface area contributed by atoms with E-state index in [0.717, 1.165) is 18.2 Å². The van der Waals surface area contributed by atoms with Gasteiger partial charge in [-0.3, -0.25) is 0 Å². The van der Waals surface area contributed by atoms with E-state index in [9.17, 15) is 4.39 Å². The molecule has 0 bridgehead atoms. The Balaban J connectivity index is 1.68. The second kappa shape index (κ2) is 3.81. The lowest BCUT2D eigenvalue weighted by Gasteiger charge is -2.13. The Bertz CT molecular complexity index is 439. The molecule has 0 spiro atoms. The SMILES string of the molecule is Cc1ccc(C2(C)CC2CNC2CC2)cc1F. The van der Waals surface area contributed by atoms with E-state index in [-0.39, 0.29) is 11.2 Å². The van der Waals surface area contributed by atoms with Crippen LogP contribution in [0.4, 0.5) is 4.39 Å². The minimum atomic E-state index is -0.0653. The summed E-state index contributed by atoms with van der Waals surface area (Å²) in [7, 11) is 0. The van der Waals surface area contributed by atoms with Crippen LogP contribution in [0.25, 0.3) is 0 Å². The third kappa shape index (κ3) is 2.11. The van der Waals surface area contributed by atoms with Gasteiger partial charge in [0, 0.05) is 6.04 Å². The van der Waals surface area contributed by atoms with E-state index < -0.39 is 0 Å². The van der Waals surface area contributed by atoms with E-state index in [1.807, 2.05) is 13.0 Å². The number of hydrogen-bond donors (Lipinski definition) is 1. The molecule has 1 nitrogen and oxygen atoms in total. The zero-order valence-corrected chi connectivity index (χ0v) is 10.6. The quantitative estimate of drug-likeness (QED) is 0.842. The van der Waals surface area contributed by atoms with Gasteiger partial charge < -0.3 is 5.32 Å². The van der Waals surface area contributed by atoms with Crippen molar-refractivity contribution in [3.63, 3.8) is 0 Å². The molecule has 1 aromatic carbocycles. The number of benzene rings is 1. The van der Waals surface area contributed by atoms with Crippen LogP contribution in [0.3, 0.4) is 0 Å². The zero-order valence-electron chi connectivity index (χ0n) is 10.6. The average molecular weight is 233 g/mol. The Morgan fingerprint density at radius 3 is 2.82 bits per heavy atom. The molecule has 0 aliphatic heterocycles. The molecule has 1 N–H and O–H groups in total. The molecule has 2 heteroatoms. The van der Waals surface area contributed by atoms with Crippen molar-refractivity contribution in [3.8, 4) is 0 Å². The molecule has 0 radical (unpaired) electrons. The molecule has 2 unspecified atom stereocenters. The van der Waals surface area contributed by atoms with Crippen molar-refractivity contribution in [1.82, 2.24) is 5.32 Å². The van der Waals surface area contributed by atoms with E-state index in [2.05, 4.69) is 18.3 Å². The van der Waals surface area contributed by atoms with Crippen molar-refractivity contribution in [2.24, 2.45) is 5.92 Å². The highest BCUT2D eigenvalue weighted by Gasteiger charge is 2.51. The van der Waals surface area contributed by atoms with E-state index in [0.29, 0.717) is 5.92 Å². The highest BCUT2D eigenvalue weighted by atomic mass is 19.1. The van der Waals surface area contributed by atoms with Gasteiger partial charge in [0.05, 0.1) is 0 Å². The first kappa shape index (κ1) is 11.2. The number of nitrogens with one attached hydrogen (secondary N) is 1. The standard InChI is InChI=1S/C15H20FN/c1-10-3-4-11(7-14(10)16)15(2)8-12(15)9-17-13-5-6-13/h3-4,7,12-13,17H,5-6,8-9H2,1-2H3. The number of halogens is 1.